The van der Waals surface area contributed by atoms with E-state index in [1.54, 1.807) is 19.1 Å². The lowest BCUT2D eigenvalue weighted by Gasteiger charge is -2.21. The molecule has 5 N–H and O–H groups in total. The number of allylic oxidation sites excluding steroid dienone is 5. The van der Waals surface area contributed by atoms with E-state index in [1.807, 2.05) is 48.2 Å². The van der Waals surface area contributed by atoms with Crippen molar-refractivity contribution in [2.75, 3.05) is 18.4 Å². The number of aliphatic carboxylic acids is 1. The predicted molar refractivity (Wildman–Crippen MR) is 168 cm³/mol. The molecule has 3 rings (SSSR count). The van der Waals surface area contributed by atoms with Crippen LogP contribution in [0.1, 0.15) is 72.6 Å². The summed E-state index contributed by atoms with van der Waals surface area (Å²) < 4.78 is 0. The minimum atomic E-state index is -0.636. The molecule has 3 atom stereocenters. The third-order valence-electron chi connectivity index (χ3n) is 6.58. The van der Waals surface area contributed by atoms with Gasteiger partial charge in [-0.15, -0.1) is 0 Å². The van der Waals surface area contributed by atoms with Crippen LogP contribution in [0.2, 0.25) is 0 Å². The number of primary amides is 1. The summed E-state index contributed by atoms with van der Waals surface area (Å²) in [6.45, 7) is 12.9. The Morgan fingerprint density at radius 2 is 1.83 bits per heavy atom. The second-order valence-electron chi connectivity index (χ2n) is 9.90. The maximum Gasteiger partial charge on any atom is 0.307 e. The first-order chi connectivity index (χ1) is 19.7. The molecule has 0 radical (unpaired) electrons. The van der Waals surface area contributed by atoms with E-state index < -0.39 is 5.97 Å². The van der Waals surface area contributed by atoms with Crippen molar-refractivity contribution in [1.82, 2.24) is 4.90 Å². The van der Waals surface area contributed by atoms with Crippen LogP contribution in [0.5, 0.6) is 0 Å². The Bertz CT molecular complexity index is 988. The number of rotatable bonds is 11. The van der Waals surface area contributed by atoms with Crippen LogP contribution < -0.4 is 11.1 Å². The molecule has 8 nitrogen and oxygen atoms in total. The summed E-state index contributed by atoms with van der Waals surface area (Å²) in [6, 6.07) is 10.2. The van der Waals surface area contributed by atoms with Gasteiger partial charge in [-0.2, -0.15) is 0 Å². The Labute approximate surface area is 246 Å². The largest absolute Gasteiger partial charge is 0.508 e. The fourth-order valence-corrected chi connectivity index (χ4v) is 4.11. The Kier molecular flexibility index (Phi) is 20.8. The molecule has 0 bridgehead atoms. The number of carbonyl (C=O) groups excluding carboxylic acids is 2. The zero-order chi connectivity index (χ0) is 31.0. The van der Waals surface area contributed by atoms with Crippen molar-refractivity contribution in [3.63, 3.8) is 0 Å². The van der Waals surface area contributed by atoms with Crippen molar-refractivity contribution < 1.29 is 24.6 Å². The van der Waals surface area contributed by atoms with Crippen LogP contribution in [0, 0.1) is 11.8 Å². The predicted octanol–water partition coefficient (Wildman–Crippen LogP) is 6.64. The number of aliphatic hydroxyl groups excluding tert-OH is 1. The summed E-state index contributed by atoms with van der Waals surface area (Å²) in [7, 11) is 0. The summed E-state index contributed by atoms with van der Waals surface area (Å²) in [4.78, 5) is 32.9. The number of nitrogens with one attached hydrogen (secondary N) is 1. The molecule has 228 valence electrons. The van der Waals surface area contributed by atoms with Gasteiger partial charge in [-0.1, -0.05) is 68.8 Å². The number of nitrogens with two attached hydrogens (primary N) is 1. The second kappa shape index (κ2) is 22.9. The maximum atomic E-state index is 11.9. The van der Waals surface area contributed by atoms with Crippen LogP contribution in [0.25, 0.3) is 0 Å². The minimum Gasteiger partial charge on any atom is -0.508 e. The topological polar surface area (TPSA) is 133 Å². The van der Waals surface area contributed by atoms with Crippen LogP contribution in [-0.2, 0) is 14.4 Å². The number of likely N-dealkylation sites (tertiary alicyclic amines) is 1. The van der Waals surface area contributed by atoms with Crippen LogP contribution >= 0.6 is 0 Å². The lowest BCUT2D eigenvalue weighted by atomic mass is 10.2. The van der Waals surface area contributed by atoms with E-state index >= 15 is 0 Å². The van der Waals surface area contributed by atoms with E-state index in [-0.39, 0.29) is 24.0 Å². The number of benzene rings is 1. The maximum absolute atomic E-state index is 11.9. The van der Waals surface area contributed by atoms with Gasteiger partial charge >= 0.3 is 5.97 Å². The fourth-order valence-electron chi connectivity index (χ4n) is 4.11. The normalized spacial score (nSPS) is 19.2. The number of carboxylic acid groups (broad SMARTS) is 1. The smallest absolute Gasteiger partial charge is 0.307 e. The molecule has 1 aliphatic heterocycles. The van der Waals surface area contributed by atoms with Gasteiger partial charge in [0.15, 0.2) is 0 Å². The molecule has 1 aromatic carbocycles. The number of unbranched alkanes of at least 4 members (excludes halogenated alkanes) is 3. The second-order valence-corrected chi connectivity index (χ2v) is 9.90. The summed E-state index contributed by atoms with van der Waals surface area (Å²) in [5.74, 6) is 0.0618. The zero-order valence-electron chi connectivity index (χ0n) is 25.3. The Balaban J connectivity index is 0.000000579. The Morgan fingerprint density at radius 3 is 2.32 bits per heavy atom. The highest BCUT2D eigenvalue weighted by Gasteiger charge is 2.40. The van der Waals surface area contributed by atoms with E-state index in [4.69, 9.17) is 15.0 Å². The lowest BCUT2D eigenvalue weighted by Crippen LogP contribution is -2.37. The van der Waals surface area contributed by atoms with Crippen molar-refractivity contribution in [3.8, 4) is 0 Å². The molecule has 1 aliphatic carbocycles. The molecular formula is C33H51N3O5. The van der Waals surface area contributed by atoms with E-state index in [9.17, 15) is 9.59 Å². The standard InChI is InChI=1S/C13H18N2O.C11H18O2.C8H12O.CH3NO/c1-11-6-5-9-15(11)13(16)10-14-12-7-3-2-4-8-12;1-2-3-4-5-6-7-9-8-10(9)11(12)13;1-4-6-7(3)8(9)5-2;2-1-3/h2-4,7-8,11,14H,5-6,9-10H2,1H3;6-7,9-10H,2-5,8H2,1H3,(H,12,13);4-6,9H,3H2,1-2H3;1H,(H2,2,3)/b;7-6-;6-4-,8-5+;. The SMILES string of the molecule is C=C(/C=C\C)/C(O)=C\C.CC1CCCN1C(=O)CNc1ccccc1.CCCCC/C=C\C1CC1C(=O)O.NC=O. The Hall–Kier alpha value is -3.81. The number of para-hydroxylation sites is 1. The van der Waals surface area contributed by atoms with Crippen molar-refractivity contribution in [2.45, 2.75) is 78.7 Å². The molecule has 0 aromatic heterocycles. The van der Waals surface area contributed by atoms with Gasteiger partial charge in [0.25, 0.3) is 0 Å². The van der Waals surface area contributed by atoms with Gasteiger partial charge in [0.1, 0.15) is 5.76 Å². The molecule has 2 fully saturated rings. The van der Waals surface area contributed by atoms with Crippen LogP contribution in [0.3, 0.4) is 0 Å². The number of anilines is 1. The van der Waals surface area contributed by atoms with Gasteiger partial charge in [0.05, 0.1) is 12.5 Å². The number of carbonyl (C=O) groups is 3. The molecule has 1 heterocycles. The van der Waals surface area contributed by atoms with Gasteiger partial charge in [0.2, 0.25) is 12.3 Å². The zero-order valence-corrected chi connectivity index (χ0v) is 25.3. The molecule has 3 unspecified atom stereocenters. The highest BCUT2D eigenvalue weighted by atomic mass is 16.4. The summed E-state index contributed by atoms with van der Waals surface area (Å²) in [5, 5.41) is 20.7. The first-order valence-corrected chi connectivity index (χ1v) is 14.5. The van der Waals surface area contributed by atoms with Crippen molar-refractivity contribution in [2.24, 2.45) is 17.6 Å². The molecule has 0 spiro atoms. The van der Waals surface area contributed by atoms with Gasteiger partial charge in [-0.25, -0.2) is 0 Å². The lowest BCUT2D eigenvalue weighted by molar-refractivity contribution is -0.138. The van der Waals surface area contributed by atoms with E-state index in [1.165, 1.54) is 19.3 Å². The van der Waals surface area contributed by atoms with Crippen LogP contribution in [-0.4, -0.2) is 52.5 Å². The number of carboxylic acids is 1. The average Bonchev–Trinajstić information content (AvgIpc) is 3.63. The van der Waals surface area contributed by atoms with E-state index in [0.29, 0.717) is 24.1 Å². The summed E-state index contributed by atoms with van der Waals surface area (Å²) in [5.41, 5.74) is 5.82. The first kappa shape index (κ1) is 37.2. The average molecular weight is 570 g/mol. The minimum absolute atomic E-state index is 0.0811. The van der Waals surface area contributed by atoms with E-state index in [0.717, 1.165) is 37.9 Å². The van der Waals surface area contributed by atoms with Gasteiger partial charge < -0.3 is 26.2 Å². The highest BCUT2D eigenvalue weighted by Crippen LogP contribution is 2.39. The number of hydrogen-bond acceptors (Lipinski definition) is 5. The van der Waals surface area contributed by atoms with Crippen molar-refractivity contribution in [1.29, 1.82) is 0 Å². The molecule has 2 aliphatic rings. The number of amides is 2. The van der Waals surface area contributed by atoms with Crippen LogP contribution in [0.15, 0.2) is 78.6 Å². The van der Waals surface area contributed by atoms with Crippen LogP contribution in [0.4, 0.5) is 5.69 Å². The Morgan fingerprint density at radius 1 is 1.17 bits per heavy atom. The third-order valence-corrected chi connectivity index (χ3v) is 6.58. The fraction of sp³-hybridized carbons (Fsp3) is 0.485. The van der Waals surface area contributed by atoms with Gasteiger partial charge in [-0.3, -0.25) is 14.4 Å². The molecule has 8 heteroatoms. The van der Waals surface area contributed by atoms with Crippen molar-refractivity contribution in [3.05, 3.63) is 78.6 Å². The first-order valence-electron chi connectivity index (χ1n) is 14.5. The molecule has 1 saturated carbocycles. The summed E-state index contributed by atoms with van der Waals surface area (Å²) in [6.07, 6.45) is 17.7. The molecule has 41 heavy (non-hydrogen) atoms. The molecule has 1 saturated heterocycles. The number of hydrogen-bond donors (Lipinski definition) is 4. The number of aliphatic hydroxyl groups is 1. The van der Waals surface area contributed by atoms with Gasteiger partial charge in [0, 0.05) is 23.8 Å². The van der Waals surface area contributed by atoms with E-state index in [2.05, 4.69) is 43.6 Å². The molecule has 1 aromatic rings. The highest BCUT2D eigenvalue weighted by molar-refractivity contribution is 5.81. The summed E-state index contributed by atoms with van der Waals surface area (Å²) >= 11 is 0. The number of nitrogens with zero attached hydrogens (tertiary/aromatic N) is 1. The van der Waals surface area contributed by atoms with Crippen molar-refractivity contribution >= 4 is 24.0 Å². The monoisotopic (exact) mass is 569 g/mol. The third kappa shape index (κ3) is 17.5. The molecular weight excluding hydrogens is 518 g/mol. The molecule has 2 amide bonds. The van der Waals surface area contributed by atoms with Gasteiger partial charge in [-0.05, 0) is 77.0 Å². The quantitative estimate of drug-likeness (QED) is 0.0777.